The molecule has 0 aliphatic carbocycles. The van der Waals surface area contributed by atoms with Crippen LogP contribution in [0.5, 0.6) is 0 Å². The summed E-state index contributed by atoms with van der Waals surface area (Å²) in [4.78, 5) is 10.1. The molecule has 96 valence electrons. The van der Waals surface area contributed by atoms with E-state index in [1.54, 1.807) is 12.1 Å². The summed E-state index contributed by atoms with van der Waals surface area (Å²) in [5.74, 6) is 0. The Hall–Kier alpha value is -2.02. The van der Waals surface area contributed by atoms with E-state index in [2.05, 4.69) is 15.8 Å². The number of thiocarbonyl (C=S) groups is 1. The van der Waals surface area contributed by atoms with Crippen LogP contribution in [0.3, 0.4) is 0 Å². The molecule has 0 heterocycles. The van der Waals surface area contributed by atoms with Crippen LogP contribution in [0.15, 0.2) is 29.4 Å². The molecule has 7 heteroatoms. The summed E-state index contributed by atoms with van der Waals surface area (Å²) < 4.78 is 0. The van der Waals surface area contributed by atoms with Crippen LogP contribution in [0.4, 0.5) is 5.69 Å². The lowest BCUT2D eigenvalue weighted by molar-refractivity contribution is -0.384. The zero-order valence-electron chi connectivity index (χ0n) is 10.1. The standard InChI is InChI=1S/C11H14N4O2S/c1-8(2)13-11(18)14-12-7-9-4-3-5-10(6-9)15(16)17/h3-8H,1-2H3,(H2,13,14,18)/b12-7-. The van der Waals surface area contributed by atoms with Gasteiger partial charge in [-0.2, -0.15) is 5.10 Å². The number of non-ortho nitro benzene ring substituents is 1. The topological polar surface area (TPSA) is 79.6 Å². The Bertz CT molecular complexity index is 474. The second-order valence-electron chi connectivity index (χ2n) is 3.85. The molecule has 0 unspecified atom stereocenters. The van der Waals surface area contributed by atoms with Gasteiger partial charge in [0.1, 0.15) is 0 Å². The first kappa shape index (κ1) is 14.0. The second-order valence-corrected chi connectivity index (χ2v) is 4.26. The highest BCUT2D eigenvalue weighted by Crippen LogP contribution is 2.11. The molecule has 0 saturated heterocycles. The van der Waals surface area contributed by atoms with Crippen molar-refractivity contribution < 1.29 is 4.92 Å². The Balaban J connectivity index is 2.59. The van der Waals surface area contributed by atoms with Crippen LogP contribution in [0.25, 0.3) is 0 Å². The molecule has 0 bridgehead atoms. The second kappa shape index (κ2) is 6.65. The fourth-order valence-corrected chi connectivity index (χ4v) is 1.47. The molecule has 0 aromatic heterocycles. The highest BCUT2D eigenvalue weighted by Gasteiger charge is 2.03. The minimum Gasteiger partial charge on any atom is -0.359 e. The van der Waals surface area contributed by atoms with Crippen LogP contribution in [0.2, 0.25) is 0 Å². The Kier molecular flexibility index (Phi) is 5.19. The Morgan fingerprint density at radius 2 is 2.28 bits per heavy atom. The maximum absolute atomic E-state index is 10.6. The van der Waals surface area contributed by atoms with Crippen molar-refractivity contribution in [3.63, 3.8) is 0 Å². The zero-order chi connectivity index (χ0) is 13.5. The first-order chi connectivity index (χ1) is 8.49. The lowest BCUT2D eigenvalue weighted by Crippen LogP contribution is -2.36. The normalized spacial score (nSPS) is 10.6. The number of nitrogens with one attached hydrogen (secondary N) is 2. The van der Waals surface area contributed by atoms with E-state index >= 15 is 0 Å². The van der Waals surface area contributed by atoms with E-state index in [1.807, 2.05) is 13.8 Å². The highest BCUT2D eigenvalue weighted by atomic mass is 32.1. The van der Waals surface area contributed by atoms with Crippen LogP contribution in [0, 0.1) is 10.1 Å². The van der Waals surface area contributed by atoms with Crippen molar-refractivity contribution in [1.29, 1.82) is 0 Å². The monoisotopic (exact) mass is 266 g/mol. The molecule has 0 amide bonds. The molecular formula is C11H14N4O2S. The minimum absolute atomic E-state index is 0.0295. The number of hydrogen-bond donors (Lipinski definition) is 2. The number of nitrogens with zero attached hydrogens (tertiary/aromatic N) is 2. The summed E-state index contributed by atoms with van der Waals surface area (Å²) in [6, 6.07) is 6.40. The lowest BCUT2D eigenvalue weighted by Gasteiger charge is -2.09. The van der Waals surface area contributed by atoms with Crippen molar-refractivity contribution in [2.24, 2.45) is 5.10 Å². The van der Waals surface area contributed by atoms with E-state index in [0.717, 1.165) is 0 Å². The Morgan fingerprint density at radius 3 is 2.89 bits per heavy atom. The zero-order valence-corrected chi connectivity index (χ0v) is 10.9. The number of nitro groups is 1. The third kappa shape index (κ3) is 4.88. The van der Waals surface area contributed by atoms with Gasteiger partial charge in [-0.15, -0.1) is 0 Å². The fourth-order valence-electron chi connectivity index (χ4n) is 1.18. The van der Waals surface area contributed by atoms with E-state index in [1.165, 1.54) is 18.3 Å². The van der Waals surface area contributed by atoms with Crippen LogP contribution in [-0.4, -0.2) is 22.3 Å². The molecule has 2 N–H and O–H groups in total. The van der Waals surface area contributed by atoms with E-state index in [-0.39, 0.29) is 11.7 Å². The summed E-state index contributed by atoms with van der Waals surface area (Å²) in [5, 5.41) is 17.8. The molecule has 1 rings (SSSR count). The first-order valence-corrected chi connectivity index (χ1v) is 5.74. The Labute approximate surface area is 110 Å². The van der Waals surface area contributed by atoms with Gasteiger partial charge >= 0.3 is 0 Å². The van der Waals surface area contributed by atoms with Crippen LogP contribution >= 0.6 is 12.2 Å². The largest absolute Gasteiger partial charge is 0.359 e. The van der Waals surface area contributed by atoms with Crippen molar-refractivity contribution in [2.75, 3.05) is 0 Å². The summed E-state index contributed by atoms with van der Waals surface area (Å²) in [5.41, 5.74) is 3.29. The molecule has 6 nitrogen and oxygen atoms in total. The predicted octanol–water partition coefficient (Wildman–Crippen LogP) is 1.80. The third-order valence-corrected chi connectivity index (χ3v) is 2.09. The van der Waals surface area contributed by atoms with Gasteiger partial charge in [0.05, 0.1) is 11.1 Å². The summed E-state index contributed by atoms with van der Waals surface area (Å²) in [6.07, 6.45) is 1.47. The smallest absolute Gasteiger partial charge is 0.270 e. The molecule has 0 aliphatic heterocycles. The van der Waals surface area contributed by atoms with Gasteiger partial charge in [-0.3, -0.25) is 15.5 Å². The van der Waals surface area contributed by atoms with Gasteiger partial charge in [0.25, 0.3) is 5.69 Å². The quantitative estimate of drug-likeness (QED) is 0.376. The molecule has 0 aliphatic rings. The molecular weight excluding hydrogens is 252 g/mol. The third-order valence-electron chi connectivity index (χ3n) is 1.88. The maximum Gasteiger partial charge on any atom is 0.270 e. The number of hydrazone groups is 1. The van der Waals surface area contributed by atoms with E-state index in [9.17, 15) is 10.1 Å². The van der Waals surface area contributed by atoms with E-state index in [4.69, 9.17) is 12.2 Å². The average Bonchev–Trinajstić information content (AvgIpc) is 2.28. The molecule has 0 spiro atoms. The maximum atomic E-state index is 10.6. The number of rotatable bonds is 4. The first-order valence-electron chi connectivity index (χ1n) is 5.33. The van der Waals surface area contributed by atoms with Crippen LogP contribution < -0.4 is 10.7 Å². The molecule has 1 aromatic carbocycles. The molecule has 0 fully saturated rings. The van der Waals surface area contributed by atoms with Crippen molar-refractivity contribution >= 4 is 29.2 Å². The number of benzene rings is 1. The SMILES string of the molecule is CC(C)NC(=S)N/N=C\c1cccc([N+](=O)[O-])c1. The molecule has 0 atom stereocenters. The highest BCUT2D eigenvalue weighted by molar-refractivity contribution is 7.80. The van der Waals surface area contributed by atoms with E-state index < -0.39 is 4.92 Å². The van der Waals surface area contributed by atoms with Crippen LogP contribution in [0.1, 0.15) is 19.4 Å². The molecule has 18 heavy (non-hydrogen) atoms. The number of hydrogen-bond acceptors (Lipinski definition) is 4. The average molecular weight is 266 g/mol. The minimum atomic E-state index is -0.449. The van der Waals surface area contributed by atoms with Gasteiger partial charge in [0.2, 0.25) is 0 Å². The fraction of sp³-hybridized carbons (Fsp3) is 0.273. The molecule has 0 saturated carbocycles. The summed E-state index contributed by atoms with van der Waals surface area (Å²) >= 11 is 4.97. The van der Waals surface area contributed by atoms with Crippen molar-refractivity contribution in [1.82, 2.24) is 10.7 Å². The summed E-state index contributed by atoms with van der Waals surface area (Å²) in [6.45, 7) is 3.91. The van der Waals surface area contributed by atoms with Gasteiger partial charge in [0, 0.05) is 23.7 Å². The van der Waals surface area contributed by atoms with E-state index in [0.29, 0.717) is 10.7 Å². The predicted molar refractivity (Wildman–Crippen MR) is 74.7 cm³/mol. The lowest BCUT2D eigenvalue weighted by atomic mass is 10.2. The number of nitro benzene ring substituents is 1. The van der Waals surface area contributed by atoms with Crippen molar-refractivity contribution in [3.05, 3.63) is 39.9 Å². The van der Waals surface area contributed by atoms with Gasteiger partial charge in [0.15, 0.2) is 5.11 Å². The van der Waals surface area contributed by atoms with Crippen molar-refractivity contribution in [2.45, 2.75) is 19.9 Å². The van der Waals surface area contributed by atoms with Gasteiger partial charge in [-0.25, -0.2) is 0 Å². The van der Waals surface area contributed by atoms with Crippen LogP contribution in [-0.2, 0) is 0 Å². The molecule has 1 aromatic rings. The summed E-state index contributed by atoms with van der Waals surface area (Å²) in [7, 11) is 0. The van der Waals surface area contributed by atoms with Gasteiger partial charge < -0.3 is 5.32 Å². The molecule has 0 radical (unpaired) electrons. The van der Waals surface area contributed by atoms with Gasteiger partial charge in [-0.1, -0.05) is 12.1 Å². The van der Waals surface area contributed by atoms with Gasteiger partial charge in [-0.05, 0) is 26.1 Å². The van der Waals surface area contributed by atoms with Crippen molar-refractivity contribution in [3.8, 4) is 0 Å². The Morgan fingerprint density at radius 1 is 1.56 bits per heavy atom.